The molecule has 1 aliphatic heterocycles. The van der Waals surface area contributed by atoms with Crippen LogP contribution in [0, 0.1) is 0 Å². The Morgan fingerprint density at radius 1 is 1.52 bits per heavy atom. The molecule has 124 valence electrons. The molecule has 0 aliphatic carbocycles. The van der Waals surface area contributed by atoms with E-state index in [0.29, 0.717) is 11.4 Å². The summed E-state index contributed by atoms with van der Waals surface area (Å²) in [5, 5.41) is 11.3. The first-order valence-corrected chi connectivity index (χ1v) is 7.46. The number of benzene rings is 1. The average Bonchev–Trinajstić information content (AvgIpc) is 2.50. The fraction of sp³-hybridized carbons (Fsp3) is 0.357. The number of fused-ring (bicyclic) bond motifs is 1. The van der Waals surface area contributed by atoms with Crippen molar-refractivity contribution in [2.75, 3.05) is 31.7 Å². The van der Waals surface area contributed by atoms with Crippen LogP contribution in [0.3, 0.4) is 0 Å². The Morgan fingerprint density at radius 2 is 2.26 bits per heavy atom. The SMILES string of the molecule is COC(CNC(=O)CN1C(=O)COc2cc(Br)ccc21)C(=O)O. The zero-order chi connectivity index (χ0) is 17.0. The molecule has 2 amide bonds. The summed E-state index contributed by atoms with van der Waals surface area (Å²) in [5.41, 5.74) is 0.487. The largest absolute Gasteiger partial charge is 0.482 e. The molecule has 0 saturated heterocycles. The summed E-state index contributed by atoms with van der Waals surface area (Å²) in [7, 11) is 1.24. The molecule has 1 aromatic carbocycles. The van der Waals surface area contributed by atoms with Gasteiger partial charge in [0, 0.05) is 11.6 Å². The first-order valence-electron chi connectivity index (χ1n) is 6.67. The molecule has 2 N–H and O–H groups in total. The highest BCUT2D eigenvalue weighted by Gasteiger charge is 2.28. The van der Waals surface area contributed by atoms with Crippen LogP contribution in [-0.4, -0.2) is 55.8 Å². The Hall–Kier alpha value is -2.13. The number of hydrogen-bond donors (Lipinski definition) is 2. The third kappa shape index (κ3) is 4.20. The Labute approximate surface area is 140 Å². The molecule has 23 heavy (non-hydrogen) atoms. The molecule has 1 unspecified atom stereocenters. The zero-order valence-corrected chi connectivity index (χ0v) is 13.8. The van der Waals surface area contributed by atoms with Crippen LogP contribution in [0.4, 0.5) is 5.69 Å². The van der Waals surface area contributed by atoms with Crippen LogP contribution in [-0.2, 0) is 19.1 Å². The van der Waals surface area contributed by atoms with Crippen molar-refractivity contribution in [1.29, 1.82) is 0 Å². The average molecular weight is 387 g/mol. The summed E-state index contributed by atoms with van der Waals surface area (Å²) >= 11 is 3.31. The van der Waals surface area contributed by atoms with Gasteiger partial charge in [-0.15, -0.1) is 0 Å². The number of rotatable bonds is 6. The maximum absolute atomic E-state index is 12.0. The summed E-state index contributed by atoms with van der Waals surface area (Å²) < 4.78 is 10.8. The molecule has 0 spiro atoms. The van der Waals surface area contributed by atoms with E-state index in [1.807, 2.05) is 0 Å². The Balaban J connectivity index is 2.03. The van der Waals surface area contributed by atoms with Gasteiger partial charge in [0.1, 0.15) is 12.3 Å². The molecule has 0 saturated carbocycles. The molecule has 1 aromatic rings. The van der Waals surface area contributed by atoms with Crippen molar-refractivity contribution in [3.05, 3.63) is 22.7 Å². The molecule has 1 heterocycles. The molecule has 1 atom stereocenters. The number of aliphatic carboxylic acids is 1. The first kappa shape index (κ1) is 17.2. The lowest BCUT2D eigenvalue weighted by molar-refractivity contribution is -0.148. The first-order chi connectivity index (χ1) is 10.9. The maximum Gasteiger partial charge on any atom is 0.334 e. The van der Waals surface area contributed by atoms with Gasteiger partial charge < -0.3 is 19.9 Å². The quantitative estimate of drug-likeness (QED) is 0.732. The van der Waals surface area contributed by atoms with Gasteiger partial charge in [-0.3, -0.25) is 14.5 Å². The van der Waals surface area contributed by atoms with Gasteiger partial charge in [0.25, 0.3) is 5.91 Å². The summed E-state index contributed by atoms with van der Waals surface area (Å²) in [5.74, 6) is -1.52. The predicted octanol–water partition coefficient (Wildman–Crippen LogP) is 0.390. The molecule has 1 aliphatic rings. The van der Waals surface area contributed by atoms with Crippen molar-refractivity contribution in [2.45, 2.75) is 6.10 Å². The topological polar surface area (TPSA) is 105 Å². The van der Waals surface area contributed by atoms with Crippen LogP contribution < -0.4 is 15.0 Å². The highest BCUT2D eigenvalue weighted by atomic mass is 79.9. The smallest absolute Gasteiger partial charge is 0.334 e. The number of nitrogens with zero attached hydrogens (tertiary/aromatic N) is 1. The second kappa shape index (κ2) is 7.42. The minimum atomic E-state index is -1.18. The Kier molecular flexibility index (Phi) is 5.56. The lowest BCUT2D eigenvalue weighted by Crippen LogP contribution is -2.47. The van der Waals surface area contributed by atoms with E-state index in [9.17, 15) is 14.4 Å². The molecule has 0 bridgehead atoms. The fourth-order valence-corrected chi connectivity index (χ4v) is 2.37. The van der Waals surface area contributed by atoms with E-state index in [-0.39, 0.29) is 25.6 Å². The van der Waals surface area contributed by atoms with Gasteiger partial charge in [-0.05, 0) is 18.2 Å². The lowest BCUT2D eigenvalue weighted by atomic mass is 10.2. The third-order valence-corrected chi connectivity index (χ3v) is 3.70. The maximum atomic E-state index is 12.0. The minimum absolute atomic E-state index is 0.160. The van der Waals surface area contributed by atoms with Crippen molar-refractivity contribution >= 4 is 39.4 Å². The van der Waals surface area contributed by atoms with Crippen LogP contribution in [0.5, 0.6) is 5.75 Å². The number of hydrogen-bond acceptors (Lipinski definition) is 5. The van der Waals surface area contributed by atoms with E-state index in [0.717, 1.165) is 4.47 Å². The molecule has 9 heteroatoms. The number of carbonyl (C=O) groups is 3. The van der Waals surface area contributed by atoms with Crippen LogP contribution in [0.15, 0.2) is 22.7 Å². The van der Waals surface area contributed by atoms with Gasteiger partial charge in [0.15, 0.2) is 12.7 Å². The highest BCUT2D eigenvalue weighted by Crippen LogP contribution is 2.34. The molecular formula is C14H15BrN2O6. The van der Waals surface area contributed by atoms with Crippen molar-refractivity contribution in [2.24, 2.45) is 0 Å². The molecular weight excluding hydrogens is 372 g/mol. The summed E-state index contributed by atoms with van der Waals surface area (Å²) in [6.07, 6.45) is -1.14. The van der Waals surface area contributed by atoms with Crippen molar-refractivity contribution < 1.29 is 29.0 Å². The molecule has 8 nitrogen and oxygen atoms in total. The number of carboxylic acid groups (broad SMARTS) is 1. The van der Waals surface area contributed by atoms with Gasteiger partial charge >= 0.3 is 5.97 Å². The van der Waals surface area contributed by atoms with Crippen molar-refractivity contribution in [3.8, 4) is 5.75 Å². The Morgan fingerprint density at radius 3 is 2.91 bits per heavy atom. The number of methoxy groups -OCH3 is 1. The number of carbonyl (C=O) groups excluding carboxylic acids is 2. The zero-order valence-electron chi connectivity index (χ0n) is 12.2. The van der Waals surface area contributed by atoms with E-state index in [1.54, 1.807) is 18.2 Å². The van der Waals surface area contributed by atoms with Crippen LogP contribution in [0.1, 0.15) is 0 Å². The normalized spacial score (nSPS) is 14.7. The molecule has 2 rings (SSSR count). The van der Waals surface area contributed by atoms with E-state index >= 15 is 0 Å². The summed E-state index contributed by atoms with van der Waals surface area (Å²) in [6, 6.07) is 5.11. The monoisotopic (exact) mass is 386 g/mol. The van der Waals surface area contributed by atoms with E-state index in [4.69, 9.17) is 14.6 Å². The van der Waals surface area contributed by atoms with E-state index < -0.39 is 18.0 Å². The van der Waals surface area contributed by atoms with Gasteiger partial charge in [0.2, 0.25) is 5.91 Å². The van der Waals surface area contributed by atoms with Crippen molar-refractivity contribution in [3.63, 3.8) is 0 Å². The molecule has 0 radical (unpaired) electrons. The second-order valence-corrected chi connectivity index (χ2v) is 5.66. The highest BCUT2D eigenvalue weighted by molar-refractivity contribution is 9.10. The third-order valence-electron chi connectivity index (χ3n) is 3.21. The number of amides is 2. The van der Waals surface area contributed by atoms with Crippen LogP contribution in [0.25, 0.3) is 0 Å². The fourth-order valence-electron chi connectivity index (χ4n) is 2.03. The lowest BCUT2D eigenvalue weighted by Gasteiger charge is -2.29. The van der Waals surface area contributed by atoms with Gasteiger partial charge in [-0.1, -0.05) is 15.9 Å². The number of carboxylic acids is 1. The van der Waals surface area contributed by atoms with Crippen LogP contribution >= 0.6 is 15.9 Å². The van der Waals surface area contributed by atoms with Gasteiger partial charge in [-0.2, -0.15) is 0 Å². The number of ether oxygens (including phenoxy) is 2. The standard InChI is InChI=1S/C14H15BrN2O6/c1-22-11(14(20)21)5-16-12(18)6-17-9-3-2-8(15)4-10(9)23-7-13(17)19/h2-4,11H,5-7H2,1H3,(H,16,18)(H,20,21). The number of halogens is 1. The Bertz CT molecular complexity index is 636. The van der Waals surface area contributed by atoms with Gasteiger partial charge in [0.05, 0.1) is 12.2 Å². The second-order valence-electron chi connectivity index (χ2n) is 4.75. The predicted molar refractivity (Wildman–Crippen MR) is 83.4 cm³/mol. The van der Waals surface area contributed by atoms with E-state index in [2.05, 4.69) is 21.2 Å². The number of nitrogens with one attached hydrogen (secondary N) is 1. The minimum Gasteiger partial charge on any atom is -0.482 e. The van der Waals surface area contributed by atoms with Gasteiger partial charge in [-0.25, -0.2) is 4.79 Å². The van der Waals surface area contributed by atoms with E-state index in [1.165, 1.54) is 12.0 Å². The van der Waals surface area contributed by atoms with Crippen LogP contribution in [0.2, 0.25) is 0 Å². The molecule has 0 fully saturated rings. The summed E-state index contributed by atoms with van der Waals surface area (Å²) in [4.78, 5) is 36.1. The van der Waals surface area contributed by atoms with Crippen molar-refractivity contribution in [1.82, 2.24) is 5.32 Å². The summed E-state index contributed by atoms with van der Waals surface area (Å²) in [6.45, 7) is -0.574. The number of anilines is 1. The molecule has 0 aromatic heterocycles.